The Morgan fingerprint density at radius 2 is 1.96 bits per heavy atom. The molecule has 0 bridgehead atoms. The number of hydrogen-bond acceptors (Lipinski definition) is 3. The molecule has 23 heavy (non-hydrogen) atoms. The van der Waals surface area contributed by atoms with Crippen molar-refractivity contribution in [1.29, 1.82) is 0 Å². The van der Waals surface area contributed by atoms with Crippen molar-refractivity contribution in [3.63, 3.8) is 0 Å². The highest BCUT2D eigenvalue weighted by Gasteiger charge is 2.27. The third-order valence-electron chi connectivity index (χ3n) is 4.30. The van der Waals surface area contributed by atoms with E-state index in [-0.39, 0.29) is 6.10 Å². The zero-order valence-electron chi connectivity index (χ0n) is 13.2. The van der Waals surface area contributed by atoms with Crippen molar-refractivity contribution in [2.45, 2.75) is 19.6 Å². The van der Waals surface area contributed by atoms with E-state index in [1.807, 2.05) is 11.3 Å². The quantitative estimate of drug-likeness (QED) is 0.572. The van der Waals surface area contributed by atoms with Gasteiger partial charge >= 0.3 is 0 Å². The summed E-state index contributed by atoms with van der Waals surface area (Å²) >= 11 is 5.52. The maximum Gasteiger partial charge on any atom is 0.137 e. The van der Waals surface area contributed by atoms with Crippen LogP contribution in [0.4, 0.5) is 0 Å². The molecule has 0 N–H and O–H groups in total. The van der Waals surface area contributed by atoms with E-state index in [4.69, 9.17) is 4.74 Å². The van der Waals surface area contributed by atoms with E-state index in [0.717, 1.165) is 28.7 Å². The molecule has 1 aromatic heterocycles. The minimum atomic E-state index is 0.0956. The molecule has 1 atom stereocenters. The molecule has 2 nitrogen and oxygen atoms in total. The van der Waals surface area contributed by atoms with Gasteiger partial charge in [-0.3, -0.25) is 4.90 Å². The molecule has 0 aliphatic carbocycles. The monoisotopic (exact) mass is 387 g/mol. The Kier molecular flexibility index (Phi) is 3.92. The minimum Gasteiger partial charge on any atom is -0.484 e. The maximum absolute atomic E-state index is 6.48. The van der Waals surface area contributed by atoms with Crippen LogP contribution in [0, 0.1) is 6.92 Å². The highest BCUT2D eigenvalue weighted by molar-refractivity contribution is 9.10. The predicted molar refractivity (Wildman–Crippen MR) is 100 cm³/mol. The van der Waals surface area contributed by atoms with Crippen molar-refractivity contribution < 1.29 is 4.74 Å². The van der Waals surface area contributed by atoms with Crippen molar-refractivity contribution in [2.75, 3.05) is 13.6 Å². The predicted octanol–water partition coefficient (Wildman–Crippen LogP) is 5.54. The zero-order chi connectivity index (χ0) is 16.0. The molecule has 2 aromatic carbocycles. The summed E-state index contributed by atoms with van der Waals surface area (Å²) in [6, 6.07) is 14.8. The Morgan fingerprint density at radius 3 is 2.78 bits per heavy atom. The van der Waals surface area contributed by atoms with Gasteiger partial charge in [0.2, 0.25) is 0 Å². The molecular weight excluding hydrogens is 370 g/mol. The highest BCUT2D eigenvalue weighted by Crippen LogP contribution is 2.38. The molecule has 1 aliphatic heterocycles. The average Bonchev–Trinajstić information content (AvgIpc) is 2.90. The lowest BCUT2D eigenvalue weighted by molar-refractivity contribution is 0.132. The van der Waals surface area contributed by atoms with Crippen LogP contribution in [0.2, 0.25) is 0 Å². The van der Waals surface area contributed by atoms with Crippen LogP contribution >= 0.6 is 27.3 Å². The molecule has 0 saturated heterocycles. The Labute approximate surface area is 148 Å². The third-order valence-corrected chi connectivity index (χ3v) is 6.05. The van der Waals surface area contributed by atoms with Gasteiger partial charge in [0.25, 0.3) is 0 Å². The second-order valence-corrected chi connectivity index (χ2v) is 8.33. The van der Waals surface area contributed by atoms with Crippen molar-refractivity contribution >= 4 is 38.0 Å². The van der Waals surface area contributed by atoms with E-state index in [1.165, 1.54) is 20.7 Å². The van der Waals surface area contributed by atoms with E-state index in [9.17, 15) is 0 Å². The van der Waals surface area contributed by atoms with Crippen LogP contribution in [-0.2, 0) is 6.54 Å². The number of nitrogens with zero attached hydrogens (tertiary/aromatic N) is 1. The van der Waals surface area contributed by atoms with Crippen LogP contribution in [0.15, 0.2) is 46.9 Å². The lowest BCUT2D eigenvalue weighted by Gasteiger charge is -2.30. The fourth-order valence-corrected chi connectivity index (χ4v) is 4.91. The van der Waals surface area contributed by atoms with Gasteiger partial charge in [-0.15, -0.1) is 11.3 Å². The third kappa shape index (κ3) is 2.80. The van der Waals surface area contributed by atoms with E-state index >= 15 is 0 Å². The summed E-state index contributed by atoms with van der Waals surface area (Å²) in [5.74, 6) is 0.957. The van der Waals surface area contributed by atoms with Gasteiger partial charge in [0.05, 0.1) is 0 Å². The summed E-state index contributed by atoms with van der Waals surface area (Å²) in [6.07, 6.45) is 0.0956. The van der Waals surface area contributed by atoms with Gasteiger partial charge in [-0.1, -0.05) is 40.2 Å². The molecule has 4 heteroatoms. The van der Waals surface area contributed by atoms with Crippen LogP contribution in [0.1, 0.15) is 21.4 Å². The molecule has 2 heterocycles. The van der Waals surface area contributed by atoms with E-state index < -0.39 is 0 Å². The van der Waals surface area contributed by atoms with Crippen LogP contribution < -0.4 is 4.74 Å². The number of benzene rings is 2. The second kappa shape index (κ2) is 5.93. The first kappa shape index (κ1) is 15.2. The maximum atomic E-state index is 6.48. The number of aryl methyl sites for hydroxylation is 1. The smallest absolute Gasteiger partial charge is 0.137 e. The Morgan fingerprint density at radius 1 is 1.17 bits per heavy atom. The lowest BCUT2D eigenvalue weighted by atomic mass is 10.0. The fourth-order valence-electron chi connectivity index (χ4n) is 3.26. The van der Waals surface area contributed by atoms with Gasteiger partial charge in [-0.2, -0.15) is 0 Å². The summed E-state index contributed by atoms with van der Waals surface area (Å²) in [7, 11) is 2.16. The molecule has 4 rings (SSSR count). The largest absolute Gasteiger partial charge is 0.484 e. The molecule has 1 unspecified atom stereocenters. The van der Waals surface area contributed by atoms with Crippen LogP contribution in [0.3, 0.4) is 0 Å². The van der Waals surface area contributed by atoms with E-state index in [0.29, 0.717) is 0 Å². The fraction of sp³-hybridized carbons (Fsp3) is 0.263. The van der Waals surface area contributed by atoms with Gasteiger partial charge in [0.1, 0.15) is 11.9 Å². The molecule has 0 radical (unpaired) electrons. The van der Waals surface area contributed by atoms with Crippen molar-refractivity contribution in [2.24, 2.45) is 0 Å². The average molecular weight is 388 g/mol. The summed E-state index contributed by atoms with van der Waals surface area (Å²) < 4.78 is 7.58. The standard InChI is InChI=1S/C19H18BrNOS/c1-12-9-15-18(10-21(2)11-19(15)23-12)22-17-8-7-16(20)13-5-3-4-6-14(13)17/h3-9,18H,10-11H2,1-2H3. The van der Waals surface area contributed by atoms with Gasteiger partial charge in [0.15, 0.2) is 0 Å². The molecule has 0 saturated carbocycles. The molecular formula is C19H18BrNOS. The first-order chi connectivity index (χ1) is 11.1. The van der Waals surface area contributed by atoms with Crippen LogP contribution in [0.5, 0.6) is 5.75 Å². The van der Waals surface area contributed by atoms with Crippen LogP contribution in [0.25, 0.3) is 10.8 Å². The SMILES string of the molecule is Cc1cc2c(s1)CN(C)CC2Oc1ccc(Br)c2ccccc12. The molecule has 3 aromatic rings. The minimum absolute atomic E-state index is 0.0956. The second-order valence-electron chi connectivity index (χ2n) is 6.13. The Hall–Kier alpha value is -1.36. The number of hydrogen-bond donors (Lipinski definition) is 0. The van der Waals surface area contributed by atoms with E-state index in [1.54, 1.807) is 0 Å². The number of thiophene rings is 1. The number of rotatable bonds is 2. The molecule has 0 amide bonds. The van der Waals surface area contributed by atoms with Gasteiger partial charge < -0.3 is 4.74 Å². The molecule has 1 aliphatic rings. The van der Waals surface area contributed by atoms with Crippen LogP contribution in [-0.4, -0.2) is 18.5 Å². The molecule has 0 spiro atoms. The number of halogens is 1. The summed E-state index contributed by atoms with van der Waals surface area (Å²) in [5, 5.41) is 2.35. The van der Waals surface area contributed by atoms with Gasteiger partial charge in [-0.25, -0.2) is 0 Å². The van der Waals surface area contributed by atoms with Gasteiger partial charge in [-0.05, 0) is 37.6 Å². The van der Waals surface area contributed by atoms with Crippen molar-refractivity contribution in [3.05, 3.63) is 62.3 Å². The Balaban J connectivity index is 1.75. The summed E-state index contributed by atoms with van der Waals surface area (Å²) in [5.41, 5.74) is 1.36. The first-order valence-corrected chi connectivity index (χ1v) is 9.34. The highest BCUT2D eigenvalue weighted by atomic mass is 79.9. The first-order valence-electron chi connectivity index (χ1n) is 7.73. The van der Waals surface area contributed by atoms with Gasteiger partial charge in [0, 0.05) is 38.3 Å². The number of likely N-dealkylation sites (N-methyl/N-ethyl adjacent to an activating group) is 1. The number of fused-ring (bicyclic) bond motifs is 2. The zero-order valence-corrected chi connectivity index (χ0v) is 15.6. The Bertz CT molecular complexity index is 873. The summed E-state index contributed by atoms with van der Waals surface area (Å²) in [6.45, 7) is 4.12. The number of ether oxygens (including phenoxy) is 1. The normalized spacial score (nSPS) is 18.1. The van der Waals surface area contributed by atoms with Crippen molar-refractivity contribution in [1.82, 2.24) is 4.90 Å². The molecule has 0 fully saturated rings. The molecule has 118 valence electrons. The van der Waals surface area contributed by atoms with Crippen molar-refractivity contribution in [3.8, 4) is 5.75 Å². The summed E-state index contributed by atoms with van der Waals surface area (Å²) in [4.78, 5) is 5.13. The van der Waals surface area contributed by atoms with E-state index in [2.05, 4.69) is 77.3 Å². The lowest BCUT2D eigenvalue weighted by Crippen LogP contribution is -2.32. The topological polar surface area (TPSA) is 12.5 Å².